The van der Waals surface area contributed by atoms with Gasteiger partial charge in [0.2, 0.25) is 5.28 Å². The number of nitrogens with one attached hydrogen (secondary N) is 1. The van der Waals surface area contributed by atoms with Crippen molar-refractivity contribution >= 4 is 63.8 Å². The fraction of sp³-hybridized carbons (Fsp3) is 0.364. The molecule has 15 heteroatoms. The summed E-state index contributed by atoms with van der Waals surface area (Å²) in [6.45, 7) is 2.15. The third-order valence-electron chi connectivity index (χ3n) is 5.13. The van der Waals surface area contributed by atoms with Gasteiger partial charge in [0.05, 0.1) is 25.0 Å². The standard InChI is InChI=1S/C22H20Cl2FN5O7/c1-10(31)34-6-5-16(33)37-15-8-35-21(18(15)36-11(2)32)30-9-26-17-19(28-22(24)29-20(17)30)27-14-4-3-12(23)7-13(14)25/h3-4,7,9,15,18,21H,5-6,8H2,1-2H3,(H,27,28,29)/t15-,18-,21-/m1/s1. The quantitative estimate of drug-likeness (QED) is 0.248. The van der Waals surface area contributed by atoms with Gasteiger partial charge in [-0.25, -0.2) is 9.37 Å². The van der Waals surface area contributed by atoms with Crippen molar-refractivity contribution in [2.75, 3.05) is 18.5 Å². The normalized spacial score (nSPS) is 19.0. The highest BCUT2D eigenvalue weighted by Gasteiger charge is 2.44. The number of imidazole rings is 1. The zero-order valence-electron chi connectivity index (χ0n) is 19.4. The minimum absolute atomic E-state index is 0.0747. The molecule has 0 unspecified atom stereocenters. The van der Waals surface area contributed by atoms with Crippen molar-refractivity contribution in [2.24, 2.45) is 0 Å². The van der Waals surface area contributed by atoms with Crippen molar-refractivity contribution < 1.29 is 37.7 Å². The van der Waals surface area contributed by atoms with Crippen LogP contribution >= 0.6 is 23.2 Å². The van der Waals surface area contributed by atoms with Crippen molar-refractivity contribution in [3.63, 3.8) is 0 Å². The number of ether oxygens (including phenoxy) is 4. The lowest BCUT2D eigenvalue weighted by Crippen LogP contribution is -2.36. The Hall–Kier alpha value is -3.55. The molecule has 0 aliphatic carbocycles. The number of anilines is 2. The molecular formula is C22H20Cl2FN5O7. The molecule has 4 rings (SSSR count). The van der Waals surface area contributed by atoms with Crippen LogP contribution in [0.15, 0.2) is 24.5 Å². The summed E-state index contributed by atoms with van der Waals surface area (Å²) in [5, 5.41) is 2.85. The average Bonchev–Trinajstić information content (AvgIpc) is 3.39. The van der Waals surface area contributed by atoms with Gasteiger partial charge in [-0.05, 0) is 29.8 Å². The fourth-order valence-corrected chi connectivity index (χ4v) is 3.94. The number of aromatic nitrogens is 4. The van der Waals surface area contributed by atoms with Crippen LogP contribution in [0.5, 0.6) is 0 Å². The molecule has 0 spiro atoms. The third-order valence-corrected chi connectivity index (χ3v) is 5.53. The molecule has 3 heterocycles. The third kappa shape index (κ3) is 6.24. The molecule has 37 heavy (non-hydrogen) atoms. The Morgan fingerprint density at radius 2 is 1.97 bits per heavy atom. The van der Waals surface area contributed by atoms with E-state index in [1.165, 1.54) is 36.9 Å². The van der Waals surface area contributed by atoms with E-state index < -0.39 is 42.2 Å². The summed E-state index contributed by atoms with van der Waals surface area (Å²) >= 11 is 11.9. The number of nitrogens with zero attached hydrogens (tertiary/aromatic N) is 4. The Morgan fingerprint density at radius 3 is 2.68 bits per heavy atom. The van der Waals surface area contributed by atoms with Crippen LogP contribution in [0.2, 0.25) is 10.3 Å². The molecule has 196 valence electrons. The first kappa shape index (κ1) is 26.5. The molecular weight excluding hydrogens is 536 g/mol. The Labute approximate surface area is 219 Å². The fourth-order valence-electron chi connectivity index (χ4n) is 3.62. The summed E-state index contributed by atoms with van der Waals surface area (Å²) in [5.41, 5.74) is 0.470. The maximum absolute atomic E-state index is 14.3. The van der Waals surface area contributed by atoms with E-state index >= 15 is 0 Å². The highest BCUT2D eigenvalue weighted by Crippen LogP contribution is 2.34. The van der Waals surface area contributed by atoms with E-state index in [0.717, 1.165) is 6.07 Å². The monoisotopic (exact) mass is 555 g/mol. The molecule has 1 aliphatic rings. The van der Waals surface area contributed by atoms with Gasteiger partial charge >= 0.3 is 17.9 Å². The van der Waals surface area contributed by atoms with E-state index in [0.29, 0.717) is 0 Å². The highest BCUT2D eigenvalue weighted by atomic mass is 35.5. The second-order valence-electron chi connectivity index (χ2n) is 7.83. The van der Waals surface area contributed by atoms with Crippen molar-refractivity contribution in [3.05, 3.63) is 40.6 Å². The van der Waals surface area contributed by atoms with E-state index in [1.807, 2.05) is 0 Å². The van der Waals surface area contributed by atoms with Crippen LogP contribution in [0, 0.1) is 5.82 Å². The summed E-state index contributed by atoms with van der Waals surface area (Å²) < 4.78 is 37.1. The molecule has 1 fully saturated rings. The lowest BCUT2D eigenvalue weighted by Gasteiger charge is -2.23. The number of esters is 3. The summed E-state index contributed by atoms with van der Waals surface area (Å²) in [7, 11) is 0. The van der Waals surface area contributed by atoms with Gasteiger partial charge in [-0.3, -0.25) is 19.0 Å². The first-order chi connectivity index (χ1) is 17.6. The van der Waals surface area contributed by atoms with E-state index in [9.17, 15) is 18.8 Å². The van der Waals surface area contributed by atoms with Gasteiger partial charge in [0.25, 0.3) is 0 Å². The minimum Gasteiger partial charge on any atom is -0.465 e. The molecule has 3 atom stereocenters. The molecule has 0 radical (unpaired) electrons. The number of halogens is 3. The molecule has 1 aliphatic heterocycles. The number of fused-ring (bicyclic) bond motifs is 1. The van der Waals surface area contributed by atoms with Crippen LogP contribution in [0.4, 0.5) is 15.9 Å². The molecule has 0 amide bonds. The molecule has 0 saturated carbocycles. The maximum Gasteiger partial charge on any atom is 0.309 e. The van der Waals surface area contributed by atoms with Crippen molar-refractivity contribution in [2.45, 2.75) is 38.7 Å². The Morgan fingerprint density at radius 1 is 1.19 bits per heavy atom. The predicted molar refractivity (Wildman–Crippen MR) is 127 cm³/mol. The van der Waals surface area contributed by atoms with Crippen LogP contribution < -0.4 is 5.32 Å². The first-order valence-corrected chi connectivity index (χ1v) is 11.6. The predicted octanol–water partition coefficient (Wildman–Crippen LogP) is 3.34. The number of benzene rings is 1. The molecule has 1 saturated heterocycles. The maximum atomic E-state index is 14.3. The second-order valence-corrected chi connectivity index (χ2v) is 8.61. The Balaban J connectivity index is 1.60. The second kappa shape index (κ2) is 11.2. The molecule has 3 aromatic rings. The van der Waals surface area contributed by atoms with Gasteiger partial charge in [0.1, 0.15) is 12.4 Å². The van der Waals surface area contributed by atoms with Crippen LogP contribution in [-0.4, -0.2) is 62.8 Å². The Bertz CT molecular complexity index is 1350. The molecule has 0 bridgehead atoms. The SMILES string of the molecule is CC(=O)OCCC(=O)O[C@@H]1CO[C@@H](n2cnc3c(Nc4ccc(Cl)cc4F)nc(Cl)nc32)[C@@H]1OC(C)=O. The van der Waals surface area contributed by atoms with E-state index in [1.54, 1.807) is 0 Å². The van der Waals surface area contributed by atoms with Crippen molar-refractivity contribution in [3.8, 4) is 0 Å². The number of carbonyl (C=O) groups excluding carboxylic acids is 3. The molecule has 12 nitrogen and oxygen atoms in total. The van der Waals surface area contributed by atoms with Gasteiger partial charge in [0, 0.05) is 18.9 Å². The Kier molecular flexibility index (Phi) is 8.05. The lowest BCUT2D eigenvalue weighted by molar-refractivity contribution is -0.167. The van der Waals surface area contributed by atoms with Gasteiger partial charge in [0.15, 0.2) is 35.4 Å². The first-order valence-electron chi connectivity index (χ1n) is 10.9. The smallest absolute Gasteiger partial charge is 0.309 e. The number of rotatable bonds is 8. The summed E-state index contributed by atoms with van der Waals surface area (Å²) in [5.74, 6) is -2.37. The van der Waals surface area contributed by atoms with E-state index in [2.05, 4.69) is 20.3 Å². The van der Waals surface area contributed by atoms with Crippen LogP contribution in [0.25, 0.3) is 11.2 Å². The van der Waals surface area contributed by atoms with E-state index in [4.69, 9.17) is 42.1 Å². The highest BCUT2D eigenvalue weighted by molar-refractivity contribution is 6.30. The minimum atomic E-state index is -1.06. The van der Waals surface area contributed by atoms with Crippen LogP contribution in [0.1, 0.15) is 26.5 Å². The summed E-state index contributed by atoms with van der Waals surface area (Å²) in [6.07, 6.45) is -1.86. The summed E-state index contributed by atoms with van der Waals surface area (Å²) in [6, 6.07) is 4.05. The number of carbonyl (C=O) groups is 3. The zero-order chi connectivity index (χ0) is 26.7. The molecule has 1 aromatic carbocycles. The van der Waals surface area contributed by atoms with Crippen LogP contribution in [0.3, 0.4) is 0 Å². The van der Waals surface area contributed by atoms with Crippen molar-refractivity contribution in [1.82, 2.24) is 19.5 Å². The lowest BCUT2D eigenvalue weighted by atomic mass is 10.2. The van der Waals surface area contributed by atoms with Crippen molar-refractivity contribution in [1.29, 1.82) is 0 Å². The van der Waals surface area contributed by atoms with Gasteiger partial charge in [-0.1, -0.05) is 11.6 Å². The van der Waals surface area contributed by atoms with Gasteiger partial charge in [-0.2, -0.15) is 9.97 Å². The number of hydrogen-bond donors (Lipinski definition) is 1. The van der Waals surface area contributed by atoms with Gasteiger partial charge in [-0.15, -0.1) is 0 Å². The number of hydrogen-bond acceptors (Lipinski definition) is 11. The van der Waals surface area contributed by atoms with Gasteiger partial charge < -0.3 is 24.3 Å². The van der Waals surface area contributed by atoms with Crippen LogP contribution in [-0.2, 0) is 33.3 Å². The largest absolute Gasteiger partial charge is 0.465 e. The molecule has 2 aromatic heterocycles. The average molecular weight is 556 g/mol. The molecule has 1 N–H and O–H groups in total. The zero-order valence-corrected chi connectivity index (χ0v) is 21.0. The van der Waals surface area contributed by atoms with E-state index in [-0.39, 0.29) is 52.6 Å². The topological polar surface area (TPSA) is 144 Å². The summed E-state index contributed by atoms with van der Waals surface area (Å²) in [4.78, 5) is 47.5.